The quantitative estimate of drug-likeness (QED) is 0.489. The van der Waals surface area contributed by atoms with Crippen molar-refractivity contribution in [3.8, 4) is 0 Å². The molecule has 0 amide bonds. The van der Waals surface area contributed by atoms with Gasteiger partial charge >= 0.3 is 0 Å². The van der Waals surface area contributed by atoms with Crippen LogP contribution in [0, 0.1) is 5.92 Å². The molecule has 2 aliphatic heterocycles. The van der Waals surface area contributed by atoms with Gasteiger partial charge in [0.25, 0.3) is 0 Å². The highest BCUT2D eigenvalue weighted by molar-refractivity contribution is 4.89. The first-order valence-corrected chi connectivity index (χ1v) is 6.27. The molecule has 2 heterocycles. The van der Waals surface area contributed by atoms with Crippen molar-refractivity contribution in [2.24, 2.45) is 5.92 Å². The van der Waals surface area contributed by atoms with E-state index in [9.17, 15) is 0 Å². The topological polar surface area (TPSA) is 3.24 Å². The molecule has 2 fully saturated rings. The van der Waals surface area contributed by atoms with Gasteiger partial charge in [-0.25, -0.2) is 0 Å². The van der Waals surface area contributed by atoms with Crippen molar-refractivity contribution in [1.82, 2.24) is 4.90 Å². The molecular formula is C13H23N. The zero-order valence-electron chi connectivity index (χ0n) is 9.25. The molecule has 2 saturated heterocycles. The van der Waals surface area contributed by atoms with Gasteiger partial charge in [-0.05, 0) is 57.5 Å². The van der Waals surface area contributed by atoms with Crippen molar-refractivity contribution in [3.05, 3.63) is 12.7 Å². The van der Waals surface area contributed by atoms with Crippen LogP contribution in [0.5, 0.6) is 0 Å². The van der Waals surface area contributed by atoms with E-state index < -0.39 is 0 Å². The lowest BCUT2D eigenvalue weighted by atomic mass is 9.89. The highest BCUT2D eigenvalue weighted by Crippen LogP contribution is 2.34. The minimum Gasteiger partial charge on any atom is -0.300 e. The summed E-state index contributed by atoms with van der Waals surface area (Å²) in [5, 5.41) is 0. The van der Waals surface area contributed by atoms with Crippen molar-refractivity contribution in [1.29, 1.82) is 0 Å². The molecule has 0 saturated carbocycles. The fourth-order valence-corrected chi connectivity index (χ4v) is 3.21. The van der Waals surface area contributed by atoms with E-state index in [2.05, 4.69) is 17.6 Å². The summed E-state index contributed by atoms with van der Waals surface area (Å²) < 4.78 is 0. The number of hydrogen-bond acceptors (Lipinski definition) is 1. The number of rotatable bonds is 4. The molecule has 2 atom stereocenters. The smallest absolute Gasteiger partial charge is 0.0124 e. The summed E-state index contributed by atoms with van der Waals surface area (Å²) in [6, 6.07) is 0.952. The molecule has 0 aromatic heterocycles. The fraction of sp³-hybridized carbons (Fsp3) is 0.846. The first kappa shape index (κ1) is 10.2. The zero-order valence-corrected chi connectivity index (χ0v) is 9.25. The third-order valence-electron chi connectivity index (χ3n) is 3.98. The Hall–Kier alpha value is -0.300. The van der Waals surface area contributed by atoms with Crippen LogP contribution in [0.1, 0.15) is 44.9 Å². The molecule has 80 valence electrons. The Morgan fingerprint density at radius 2 is 2.14 bits per heavy atom. The Labute approximate surface area is 88.2 Å². The van der Waals surface area contributed by atoms with E-state index in [0.29, 0.717) is 0 Å². The number of allylic oxidation sites excluding steroid dienone is 1. The van der Waals surface area contributed by atoms with Crippen LogP contribution in [-0.4, -0.2) is 24.0 Å². The summed E-state index contributed by atoms with van der Waals surface area (Å²) in [7, 11) is 0. The highest BCUT2D eigenvalue weighted by Gasteiger charge is 2.34. The summed E-state index contributed by atoms with van der Waals surface area (Å²) in [5.74, 6) is 1.01. The Morgan fingerprint density at radius 1 is 1.21 bits per heavy atom. The lowest BCUT2D eigenvalue weighted by Gasteiger charge is -2.32. The van der Waals surface area contributed by atoms with Crippen molar-refractivity contribution in [2.75, 3.05) is 13.1 Å². The monoisotopic (exact) mass is 193 g/mol. The van der Waals surface area contributed by atoms with Gasteiger partial charge in [0.1, 0.15) is 0 Å². The summed E-state index contributed by atoms with van der Waals surface area (Å²) in [6.07, 6.45) is 11.9. The van der Waals surface area contributed by atoms with E-state index in [1.807, 2.05) is 0 Å². The van der Waals surface area contributed by atoms with E-state index in [1.54, 1.807) is 0 Å². The average Bonchev–Trinajstić information content (AvgIpc) is 2.63. The van der Waals surface area contributed by atoms with Gasteiger partial charge in [-0.3, -0.25) is 0 Å². The largest absolute Gasteiger partial charge is 0.300 e. The summed E-state index contributed by atoms with van der Waals surface area (Å²) in [5.41, 5.74) is 0. The van der Waals surface area contributed by atoms with Crippen LogP contribution in [0.4, 0.5) is 0 Å². The van der Waals surface area contributed by atoms with E-state index in [-0.39, 0.29) is 0 Å². The second kappa shape index (κ2) is 4.97. The van der Waals surface area contributed by atoms with Gasteiger partial charge in [0.05, 0.1) is 0 Å². The fourth-order valence-electron chi connectivity index (χ4n) is 3.21. The Bertz CT molecular complexity index is 188. The number of fused-ring (bicyclic) bond motifs is 1. The molecule has 0 aromatic carbocycles. The lowest BCUT2D eigenvalue weighted by Crippen LogP contribution is -2.36. The second-order valence-electron chi connectivity index (χ2n) is 4.87. The maximum absolute atomic E-state index is 3.80. The zero-order chi connectivity index (χ0) is 9.80. The van der Waals surface area contributed by atoms with Crippen LogP contribution in [-0.2, 0) is 0 Å². The van der Waals surface area contributed by atoms with Gasteiger partial charge in [-0.2, -0.15) is 0 Å². The van der Waals surface area contributed by atoms with E-state index in [4.69, 9.17) is 0 Å². The van der Waals surface area contributed by atoms with Crippen LogP contribution >= 0.6 is 0 Å². The van der Waals surface area contributed by atoms with Crippen molar-refractivity contribution < 1.29 is 0 Å². The molecule has 1 nitrogen and oxygen atoms in total. The number of unbranched alkanes of at least 4 members (excludes halogenated alkanes) is 1. The van der Waals surface area contributed by atoms with E-state index in [1.165, 1.54) is 58.0 Å². The number of hydrogen-bond donors (Lipinski definition) is 0. The predicted molar refractivity (Wildman–Crippen MR) is 61.4 cm³/mol. The van der Waals surface area contributed by atoms with Crippen LogP contribution in [0.25, 0.3) is 0 Å². The molecule has 2 aliphatic rings. The lowest BCUT2D eigenvalue weighted by molar-refractivity contribution is 0.168. The summed E-state index contributed by atoms with van der Waals surface area (Å²) >= 11 is 0. The molecule has 2 rings (SSSR count). The van der Waals surface area contributed by atoms with Crippen LogP contribution < -0.4 is 0 Å². The van der Waals surface area contributed by atoms with Crippen molar-refractivity contribution in [2.45, 2.75) is 51.0 Å². The standard InChI is InChI=1S/C13H23N/c1-2-3-4-7-12-9-11-14-10-6-5-8-13(12)14/h2,12-13H,1,3-11H2. The Balaban J connectivity index is 1.78. The van der Waals surface area contributed by atoms with E-state index in [0.717, 1.165) is 12.0 Å². The van der Waals surface area contributed by atoms with Crippen LogP contribution in [0.2, 0.25) is 0 Å². The predicted octanol–water partition coefficient (Wildman–Crippen LogP) is 3.22. The molecule has 0 aromatic rings. The Kier molecular flexibility index (Phi) is 3.63. The number of nitrogens with zero attached hydrogens (tertiary/aromatic N) is 1. The molecule has 14 heavy (non-hydrogen) atoms. The van der Waals surface area contributed by atoms with E-state index >= 15 is 0 Å². The highest BCUT2D eigenvalue weighted by atomic mass is 15.2. The SMILES string of the molecule is C=CCCCC1CCN2CCCCC12. The molecular weight excluding hydrogens is 170 g/mol. The maximum atomic E-state index is 3.80. The Morgan fingerprint density at radius 3 is 3.00 bits per heavy atom. The van der Waals surface area contributed by atoms with Crippen LogP contribution in [0.3, 0.4) is 0 Å². The minimum atomic E-state index is 0.952. The van der Waals surface area contributed by atoms with Gasteiger partial charge in [0, 0.05) is 6.04 Å². The molecule has 0 bridgehead atoms. The van der Waals surface area contributed by atoms with Crippen LogP contribution in [0.15, 0.2) is 12.7 Å². The van der Waals surface area contributed by atoms with Gasteiger partial charge in [-0.1, -0.05) is 12.5 Å². The summed E-state index contributed by atoms with van der Waals surface area (Å²) in [6.45, 7) is 6.55. The summed E-state index contributed by atoms with van der Waals surface area (Å²) in [4.78, 5) is 2.74. The third kappa shape index (κ3) is 2.20. The first-order chi connectivity index (χ1) is 6.92. The van der Waals surface area contributed by atoms with Gasteiger partial charge in [-0.15, -0.1) is 6.58 Å². The molecule has 2 unspecified atom stereocenters. The number of piperidine rings is 1. The second-order valence-corrected chi connectivity index (χ2v) is 4.87. The van der Waals surface area contributed by atoms with Gasteiger partial charge in [0.15, 0.2) is 0 Å². The van der Waals surface area contributed by atoms with Gasteiger partial charge in [0.2, 0.25) is 0 Å². The molecule has 0 N–H and O–H groups in total. The molecule has 1 heteroatoms. The maximum Gasteiger partial charge on any atom is 0.0124 e. The van der Waals surface area contributed by atoms with Gasteiger partial charge < -0.3 is 4.90 Å². The normalized spacial score (nSPS) is 32.9. The minimum absolute atomic E-state index is 0.952. The molecule has 0 radical (unpaired) electrons. The first-order valence-electron chi connectivity index (χ1n) is 6.27. The van der Waals surface area contributed by atoms with Crippen molar-refractivity contribution in [3.63, 3.8) is 0 Å². The molecule has 0 spiro atoms. The third-order valence-corrected chi connectivity index (χ3v) is 3.98. The molecule has 0 aliphatic carbocycles. The van der Waals surface area contributed by atoms with Crippen molar-refractivity contribution >= 4 is 0 Å². The average molecular weight is 193 g/mol.